The van der Waals surface area contributed by atoms with Gasteiger partial charge >= 0.3 is 0 Å². The number of fused-ring (bicyclic) bond motifs is 5. The molecule has 246 valence electrons. The Bertz CT molecular complexity index is 2830. The second-order valence-electron chi connectivity index (χ2n) is 13.5. The molecule has 2 heterocycles. The second kappa shape index (κ2) is 12.3. The molecule has 1 aliphatic carbocycles. The van der Waals surface area contributed by atoms with Crippen molar-refractivity contribution >= 4 is 38.1 Å². The summed E-state index contributed by atoms with van der Waals surface area (Å²) >= 11 is 0. The molecule has 0 saturated carbocycles. The maximum atomic E-state index is 6.84. The van der Waals surface area contributed by atoms with Gasteiger partial charge in [-0.15, -0.1) is 0 Å². The van der Waals surface area contributed by atoms with Gasteiger partial charge in [0.1, 0.15) is 11.3 Å². The van der Waals surface area contributed by atoms with Crippen LogP contribution < -0.4 is 0 Å². The number of hydrogen-bond acceptors (Lipinski definition) is 4. The van der Waals surface area contributed by atoms with Crippen molar-refractivity contribution in [1.82, 2.24) is 15.0 Å². The fraction of sp³-hybridized carbons (Fsp3) is 0.0625. The third-order valence-electron chi connectivity index (χ3n) is 10.4. The highest BCUT2D eigenvalue weighted by Gasteiger charge is 2.29. The van der Waals surface area contributed by atoms with Gasteiger partial charge in [-0.05, 0) is 62.7 Å². The van der Waals surface area contributed by atoms with E-state index in [0.717, 1.165) is 56.2 Å². The molecule has 0 saturated heterocycles. The monoisotopic (exact) mass is 667 g/mol. The van der Waals surface area contributed by atoms with Crippen LogP contribution in [0.5, 0.6) is 0 Å². The predicted molar refractivity (Wildman–Crippen MR) is 213 cm³/mol. The fourth-order valence-electron chi connectivity index (χ4n) is 7.92. The highest BCUT2D eigenvalue weighted by molar-refractivity contribution is 6.06. The molecule has 2 aromatic heterocycles. The van der Waals surface area contributed by atoms with Crippen molar-refractivity contribution in [3.8, 4) is 45.3 Å². The smallest absolute Gasteiger partial charge is 0.164 e. The molecular weight excluding hydrogens is 635 g/mol. The van der Waals surface area contributed by atoms with E-state index in [1.165, 1.54) is 33.0 Å². The second-order valence-corrected chi connectivity index (χ2v) is 13.5. The van der Waals surface area contributed by atoms with Gasteiger partial charge in [-0.1, -0.05) is 159 Å². The molecule has 4 heteroatoms. The van der Waals surface area contributed by atoms with Crippen molar-refractivity contribution in [2.24, 2.45) is 0 Å². The lowest BCUT2D eigenvalue weighted by Gasteiger charge is -2.20. The van der Waals surface area contributed by atoms with Crippen molar-refractivity contribution in [2.45, 2.75) is 19.3 Å². The Morgan fingerprint density at radius 3 is 1.85 bits per heavy atom. The Morgan fingerprint density at radius 1 is 0.481 bits per heavy atom. The van der Waals surface area contributed by atoms with E-state index < -0.39 is 0 Å². The van der Waals surface area contributed by atoms with Crippen molar-refractivity contribution < 1.29 is 4.42 Å². The normalized spacial score (nSPS) is 14.1. The van der Waals surface area contributed by atoms with Crippen LogP contribution in [0.25, 0.3) is 83.4 Å². The van der Waals surface area contributed by atoms with Gasteiger partial charge in [-0.3, -0.25) is 0 Å². The van der Waals surface area contributed by atoms with Gasteiger partial charge in [-0.2, -0.15) is 0 Å². The molecular formula is C48H33N3O. The number of allylic oxidation sites excluding steroid dienone is 1. The van der Waals surface area contributed by atoms with Gasteiger partial charge in [0.25, 0.3) is 0 Å². The van der Waals surface area contributed by atoms with E-state index in [0.29, 0.717) is 17.5 Å². The van der Waals surface area contributed by atoms with Crippen LogP contribution in [0.2, 0.25) is 0 Å². The van der Waals surface area contributed by atoms with Crippen LogP contribution in [-0.2, 0) is 0 Å². The Hall–Kier alpha value is -6.65. The molecule has 4 nitrogen and oxygen atoms in total. The quantitative estimate of drug-likeness (QED) is 0.183. The number of hydrogen-bond donors (Lipinski definition) is 0. The van der Waals surface area contributed by atoms with Crippen LogP contribution in [0.1, 0.15) is 36.1 Å². The lowest BCUT2D eigenvalue weighted by molar-refractivity contribution is 0.582. The third kappa shape index (κ3) is 4.95. The van der Waals surface area contributed by atoms with E-state index >= 15 is 0 Å². The zero-order chi connectivity index (χ0) is 34.6. The molecule has 1 unspecified atom stereocenters. The van der Waals surface area contributed by atoms with Crippen molar-refractivity contribution in [3.63, 3.8) is 0 Å². The average molecular weight is 668 g/mol. The maximum absolute atomic E-state index is 6.84. The molecule has 10 rings (SSSR count). The van der Waals surface area contributed by atoms with E-state index in [4.69, 9.17) is 19.4 Å². The Morgan fingerprint density at radius 2 is 1.06 bits per heavy atom. The minimum absolute atomic E-state index is 0.250. The highest BCUT2D eigenvalue weighted by atomic mass is 16.3. The summed E-state index contributed by atoms with van der Waals surface area (Å²) in [7, 11) is 0. The third-order valence-corrected chi connectivity index (χ3v) is 10.4. The molecule has 0 aliphatic heterocycles. The van der Waals surface area contributed by atoms with Crippen molar-refractivity contribution in [3.05, 3.63) is 181 Å². The fourth-order valence-corrected chi connectivity index (χ4v) is 7.92. The molecule has 1 atom stereocenters. The molecule has 0 N–H and O–H groups in total. The molecule has 0 bridgehead atoms. The van der Waals surface area contributed by atoms with E-state index in [2.05, 4.69) is 146 Å². The van der Waals surface area contributed by atoms with Gasteiger partial charge < -0.3 is 4.42 Å². The van der Waals surface area contributed by atoms with Crippen LogP contribution in [0, 0.1) is 0 Å². The van der Waals surface area contributed by atoms with Crippen LogP contribution in [-0.4, -0.2) is 15.0 Å². The standard InChI is InChI=1S/C48H33N3O/c1-30-26-27-39(37-23-12-19-32-16-8-9-20-34(32)37)45-43(30)44-41(24-13-25-42(44)52-45)48-50-46(33-17-6-3-7-18-33)49-47(51-48)40-29-28-35(31-14-4-2-5-15-31)36-21-10-11-22-38(36)40/h2-25,27-30H,26H2,1H3. The number of rotatable bonds is 5. The summed E-state index contributed by atoms with van der Waals surface area (Å²) in [6.07, 6.45) is 3.25. The topological polar surface area (TPSA) is 51.8 Å². The summed E-state index contributed by atoms with van der Waals surface area (Å²) in [5.74, 6) is 3.08. The van der Waals surface area contributed by atoms with Gasteiger partial charge in [-0.25, -0.2) is 15.0 Å². The van der Waals surface area contributed by atoms with Crippen LogP contribution in [0.4, 0.5) is 0 Å². The first kappa shape index (κ1) is 30.2. The zero-order valence-electron chi connectivity index (χ0n) is 28.6. The summed E-state index contributed by atoms with van der Waals surface area (Å²) in [5, 5.41) is 5.75. The highest BCUT2D eigenvalue weighted by Crippen LogP contribution is 2.47. The largest absolute Gasteiger partial charge is 0.456 e. The number of aromatic nitrogens is 3. The summed E-state index contributed by atoms with van der Waals surface area (Å²) in [5.41, 5.74) is 9.57. The molecule has 0 amide bonds. The van der Waals surface area contributed by atoms with Crippen molar-refractivity contribution in [2.75, 3.05) is 0 Å². The lowest BCUT2D eigenvalue weighted by Crippen LogP contribution is -2.04. The SMILES string of the molecule is CC1CC=C(c2cccc3ccccc23)c2oc3cccc(-c4nc(-c5ccccc5)nc(-c5ccc(-c6ccccc6)c6ccccc56)n4)c3c21. The molecule has 9 aromatic rings. The zero-order valence-corrected chi connectivity index (χ0v) is 28.6. The van der Waals surface area contributed by atoms with Crippen LogP contribution >= 0.6 is 0 Å². The van der Waals surface area contributed by atoms with E-state index in [9.17, 15) is 0 Å². The van der Waals surface area contributed by atoms with E-state index in [1.54, 1.807) is 0 Å². The van der Waals surface area contributed by atoms with E-state index in [1.807, 2.05) is 24.3 Å². The summed E-state index contributed by atoms with van der Waals surface area (Å²) in [6, 6.07) is 54.9. The van der Waals surface area contributed by atoms with Gasteiger partial charge in [0.2, 0.25) is 0 Å². The first-order valence-corrected chi connectivity index (χ1v) is 17.8. The average Bonchev–Trinajstić information content (AvgIpc) is 3.62. The van der Waals surface area contributed by atoms with Crippen LogP contribution in [0.3, 0.4) is 0 Å². The summed E-state index contributed by atoms with van der Waals surface area (Å²) in [4.78, 5) is 15.6. The van der Waals surface area contributed by atoms with Gasteiger partial charge in [0, 0.05) is 33.2 Å². The minimum Gasteiger partial charge on any atom is -0.456 e. The molecule has 0 radical (unpaired) electrons. The number of nitrogens with zero attached hydrogens (tertiary/aromatic N) is 3. The minimum atomic E-state index is 0.250. The Labute approximate surface area is 301 Å². The molecule has 52 heavy (non-hydrogen) atoms. The van der Waals surface area contributed by atoms with Gasteiger partial charge in [0.15, 0.2) is 17.5 Å². The number of benzene rings is 7. The molecule has 7 aromatic carbocycles. The van der Waals surface area contributed by atoms with Crippen molar-refractivity contribution in [1.29, 1.82) is 0 Å². The first-order chi connectivity index (χ1) is 25.7. The van der Waals surface area contributed by atoms with E-state index in [-0.39, 0.29) is 5.92 Å². The summed E-state index contributed by atoms with van der Waals surface area (Å²) < 4.78 is 6.84. The van der Waals surface area contributed by atoms with Crippen LogP contribution in [0.15, 0.2) is 168 Å². The molecule has 0 fully saturated rings. The lowest BCUT2D eigenvalue weighted by atomic mass is 9.83. The maximum Gasteiger partial charge on any atom is 0.164 e. The number of furan rings is 1. The predicted octanol–water partition coefficient (Wildman–Crippen LogP) is 12.5. The Kier molecular flexibility index (Phi) is 7.14. The first-order valence-electron chi connectivity index (χ1n) is 17.8. The molecule has 0 spiro atoms. The van der Waals surface area contributed by atoms with Gasteiger partial charge in [0.05, 0.1) is 0 Å². The Balaban J connectivity index is 1.20. The molecule has 1 aliphatic rings. The summed E-state index contributed by atoms with van der Waals surface area (Å²) in [6.45, 7) is 2.29.